The van der Waals surface area contributed by atoms with E-state index in [-0.39, 0.29) is 5.48 Å². The highest BCUT2D eigenvalue weighted by molar-refractivity contribution is 5.69. The Kier molecular flexibility index (Phi) is 2.31. The second-order valence-electron chi connectivity index (χ2n) is 3.06. The molecule has 0 aliphatic carbocycles. The van der Waals surface area contributed by atoms with Gasteiger partial charge in [-0.1, -0.05) is 0 Å². The van der Waals surface area contributed by atoms with Gasteiger partial charge in [0.2, 0.25) is 0 Å². The highest BCUT2D eigenvalue weighted by Crippen LogP contribution is 2.18. The molecule has 6 nitrogen and oxygen atoms in total. The summed E-state index contributed by atoms with van der Waals surface area (Å²) in [5.41, 5.74) is 14.3. The van der Waals surface area contributed by atoms with Crippen molar-refractivity contribution in [2.75, 3.05) is 11.5 Å². The second-order valence-corrected chi connectivity index (χ2v) is 3.06. The van der Waals surface area contributed by atoms with Crippen LogP contribution < -0.4 is 11.5 Å². The van der Waals surface area contributed by atoms with Gasteiger partial charge in [0.15, 0.2) is 5.65 Å². The summed E-state index contributed by atoms with van der Waals surface area (Å²) < 4.78 is 1.55. The Bertz CT molecular complexity index is 476. The number of hydrogen-bond acceptors (Lipinski definition) is 4. The third kappa shape index (κ3) is 1.25. The molecule has 2 rings (SSSR count). The Hall–Kier alpha value is -1.82. The quantitative estimate of drug-likeness (QED) is 0.599. The van der Waals surface area contributed by atoms with Gasteiger partial charge >= 0.3 is 0 Å². The van der Waals surface area contributed by atoms with Gasteiger partial charge in [0.1, 0.15) is 11.5 Å². The molecule has 6 N–H and O–H groups in total. The van der Waals surface area contributed by atoms with Crippen molar-refractivity contribution in [3.63, 3.8) is 0 Å². The molecule has 0 aliphatic rings. The van der Waals surface area contributed by atoms with E-state index in [1.165, 1.54) is 0 Å². The van der Waals surface area contributed by atoms with Crippen molar-refractivity contribution >= 4 is 17.2 Å². The number of aromatic nitrogens is 3. The molecule has 2 aromatic rings. The first kappa shape index (κ1) is 10.3. The topological polar surface area (TPSA) is 114 Å². The van der Waals surface area contributed by atoms with Gasteiger partial charge < -0.3 is 16.9 Å². The highest BCUT2D eigenvalue weighted by atomic mass is 16.0. The molecule has 2 heterocycles. The van der Waals surface area contributed by atoms with E-state index in [1.807, 2.05) is 13.8 Å². The molecule has 0 aliphatic heterocycles. The first-order chi connectivity index (χ1) is 6.09. The Morgan fingerprint density at radius 3 is 2.57 bits per heavy atom. The van der Waals surface area contributed by atoms with Gasteiger partial charge in [0, 0.05) is 11.8 Å². The Morgan fingerprint density at radius 1 is 1.29 bits per heavy atom. The minimum Gasteiger partial charge on any atom is -0.412 e. The van der Waals surface area contributed by atoms with Crippen LogP contribution in [-0.2, 0) is 0 Å². The number of nitrogens with zero attached hydrogens (tertiary/aromatic N) is 3. The summed E-state index contributed by atoms with van der Waals surface area (Å²) in [6, 6.07) is 1.76. The van der Waals surface area contributed by atoms with Crippen molar-refractivity contribution in [3.8, 4) is 0 Å². The molecule has 2 aromatic heterocycles. The molecular weight excluding hydrogens is 182 g/mol. The molecule has 0 saturated carbocycles. The molecule has 0 aromatic carbocycles. The van der Waals surface area contributed by atoms with E-state index < -0.39 is 0 Å². The van der Waals surface area contributed by atoms with Crippen molar-refractivity contribution in [2.45, 2.75) is 13.8 Å². The SMILES string of the molecule is Cc1cc(N)n2nc(C)c(N)c2n1.O. The number of aryl methyl sites for hydroxylation is 2. The lowest BCUT2D eigenvalue weighted by molar-refractivity contribution is 0.824. The minimum absolute atomic E-state index is 0. The summed E-state index contributed by atoms with van der Waals surface area (Å²) in [6.07, 6.45) is 0. The minimum atomic E-state index is 0. The van der Waals surface area contributed by atoms with Crippen LogP contribution >= 0.6 is 0 Å². The van der Waals surface area contributed by atoms with Crippen molar-refractivity contribution in [3.05, 3.63) is 17.5 Å². The Morgan fingerprint density at radius 2 is 1.93 bits per heavy atom. The van der Waals surface area contributed by atoms with Gasteiger partial charge in [-0.15, -0.1) is 0 Å². The standard InChI is InChI=1S/C8H11N5.H2O/c1-4-3-6(9)13-8(11-4)7(10)5(2)12-13;/h3H,9-10H2,1-2H3;1H2. The van der Waals surface area contributed by atoms with E-state index in [1.54, 1.807) is 10.6 Å². The van der Waals surface area contributed by atoms with E-state index in [4.69, 9.17) is 11.5 Å². The molecule has 0 radical (unpaired) electrons. The fourth-order valence-corrected chi connectivity index (χ4v) is 1.29. The molecule has 0 saturated heterocycles. The third-order valence-corrected chi connectivity index (χ3v) is 1.96. The predicted molar refractivity (Wildman–Crippen MR) is 54.9 cm³/mol. The van der Waals surface area contributed by atoms with Crippen LogP contribution in [0.25, 0.3) is 5.65 Å². The molecule has 76 valence electrons. The predicted octanol–water partition coefficient (Wildman–Crippen LogP) is -0.314. The summed E-state index contributed by atoms with van der Waals surface area (Å²) in [5.74, 6) is 0.558. The van der Waals surface area contributed by atoms with E-state index in [0.29, 0.717) is 17.2 Å². The molecule has 14 heavy (non-hydrogen) atoms. The fourth-order valence-electron chi connectivity index (χ4n) is 1.29. The van der Waals surface area contributed by atoms with Crippen LogP contribution in [0.4, 0.5) is 11.5 Å². The van der Waals surface area contributed by atoms with Crippen molar-refractivity contribution in [1.29, 1.82) is 0 Å². The molecule has 0 spiro atoms. The maximum atomic E-state index is 5.77. The van der Waals surface area contributed by atoms with Crippen LogP contribution in [0.15, 0.2) is 6.07 Å². The summed E-state index contributed by atoms with van der Waals surface area (Å²) in [5, 5.41) is 4.16. The van der Waals surface area contributed by atoms with E-state index in [9.17, 15) is 0 Å². The third-order valence-electron chi connectivity index (χ3n) is 1.96. The van der Waals surface area contributed by atoms with Gasteiger partial charge in [-0.05, 0) is 13.8 Å². The summed E-state index contributed by atoms with van der Waals surface area (Å²) in [7, 11) is 0. The van der Waals surface area contributed by atoms with Crippen molar-refractivity contribution < 1.29 is 5.48 Å². The zero-order valence-electron chi connectivity index (χ0n) is 8.07. The smallest absolute Gasteiger partial charge is 0.181 e. The second kappa shape index (κ2) is 3.15. The molecule has 6 heteroatoms. The number of fused-ring (bicyclic) bond motifs is 1. The highest BCUT2D eigenvalue weighted by Gasteiger charge is 2.09. The number of nitrogens with two attached hydrogens (primary N) is 2. The average molecular weight is 195 g/mol. The number of nitrogen functional groups attached to an aromatic ring is 2. The normalized spacial score (nSPS) is 10.1. The van der Waals surface area contributed by atoms with Gasteiger partial charge in [-0.2, -0.15) is 9.61 Å². The van der Waals surface area contributed by atoms with Crippen LogP contribution in [0.5, 0.6) is 0 Å². The first-order valence-corrected chi connectivity index (χ1v) is 3.97. The van der Waals surface area contributed by atoms with Crippen LogP contribution in [0.3, 0.4) is 0 Å². The van der Waals surface area contributed by atoms with Crippen molar-refractivity contribution in [1.82, 2.24) is 14.6 Å². The number of rotatable bonds is 0. The van der Waals surface area contributed by atoms with E-state index in [2.05, 4.69) is 10.1 Å². The van der Waals surface area contributed by atoms with Gasteiger partial charge in [0.25, 0.3) is 0 Å². The lowest BCUT2D eigenvalue weighted by Crippen LogP contribution is -2.01. The maximum absolute atomic E-state index is 5.77. The zero-order valence-corrected chi connectivity index (χ0v) is 8.07. The lowest BCUT2D eigenvalue weighted by atomic mass is 10.4. The van der Waals surface area contributed by atoms with E-state index >= 15 is 0 Å². The lowest BCUT2D eigenvalue weighted by Gasteiger charge is -1.99. The Labute approximate surface area is 80.8 Å². The monoisotopic (exact) mass is 195 g/mol. The number of anilines is 2. The number of hydrogen-bond donors (Lipinski definition) is 2. The maximum Gasteiger partial charge on any atom is 0.181 e. The Balaban J connectivity index is 0.000000980. The van der Waals surface area contributed by atoms with Crippen LogP contribution in [0.1, 0.15) is 11.4 Å². The molecule has 0 unspecified atom stereocenters. The average Bonchev–Trinajstić information content (AvgIpc) is 2.32. The molecular formula is C8H13N5O. The molecule has 0 fully saturated rings. The molecule has 0 amide bonds. The summed E-state index contributed by atoms with van der Waals surface area (Å²) >= 11 is 0. The van der Waals surface area contributed by atoms with Gasteiger partial charge in [0.05, 0.1) is 5.69 Å². The van der Waals surface area contributed by atoms with Crippen LogP contribution in [0, 0.1) is 13.8 Å². The molecule has 0 bridgehead atoms. The molecule has 0 atom stereocenters. The van der Waals surface area contributed by atoms with E-state index in [0.717, 1.165) is 11.4 Å². The fraction of sp³-hybridized carbons (Fsp3) is 0.250. The summed E-state index contributed by atoms with van der Waals surface area (Å²) in [6.45, 7) is 3.71. The largest absolute Gasteiger partial charge is 0.412 e. The van der Waals surface area contributed by atoms with Crippen molar-refractivity contribution in [2.24, 2.45) is 0 Å². The van der Waals surface area contributed by atoms with Crippen LogP contribution in [-0.4, -0.2) is 20.1 Å². The zero-order chi connectivity index (χ0) is 9.59. The first-order valence-electron chi connectivity index (χ1n) is 3.97. The van der Waals surface area contributed by atoms with Crippen LogP contribution in [0.2, 0.25) is 0 Å². The summed E-state index contributed by atoms with van der Waals surface area (Å²) in [4.78, 5) is 4.25. The van der Waals surface area contributed by atoms with Gasteiger partial charge in [-0.3, -0.25) is 0 Å². The van der Waals surface area contributed by atoms with Gasteiger partial charge in [-0.25, -0.2) is 4.98 Å².